The number of Topliss-reactive ketones (excluding diaryl/α,β-unsaturated/α-hetero) is 2. The van der Waals surface area contributed by atoms with Crippen molar-refractivity contribution in [3.05, 3.63) is 29.3 Å². The molecule has 2 atom stereocenters. The largest absolute Gasteiger partial charge is 0.398 e. The van der Waals surface area contributed by atoms with Crippen molar-refractivity contribution < 1.29 is 14.4 Å². The standard InChI is InChI=1S/C12H19N.C9H16O2.C2H4O/c1-4-9(2)8-11-10(3)6-5-7-12(11)13;1-4-9(11)6-5-7(2)8(3)10;1-2-3/h5-7,9H,4,8,13H2,1-3H3;7H,4-6H2,1-3H3;2H,1H3. The van der Waals surface area contributed by atoms with E-state index in [1.807, 2.05) is 26.0 Å². The summed E-state index contributed by atoms with van der Waals surface area (Å²) >= 11 is 0. The lowest BCUT2D eigenvalue weighted by Gasteiger charge is -2.13. The maximum absolute atomic E-state index is 10.8. The van der Waals surface area contributed by atoms with Crippen LogP contribution in [-0.4, -0.2) is 17.9 Å². The molecular formula is C23H39NO3. The molecule has 0 fully saturated rings. The smallest absolute Gasteiger partial charge is 0.132 e. The summed E-state index contributed by atoms with van der Waals surface area (Å²) in [6.45, 7) is 13.4. The Morgan fingerprint density at radius 3 is 2.15 bits per heavy atom. The second-order valence-corrected chi connectivity index (χ2v) is 7.04. The summed E-state index contributed by atoms with van der Waals surface area (Å²) in [5.41, 5.74) is 9.52. The Labute approximate surface area is 165 Å². The molecule has 0 saturated heterocycles. The molecule has 0 saturated carbocycles. The summed E-state index contributed by atoms with van der Waals surface area (Å²) in [5.74, 6) is 1.20. The van der Waals surface area contributed by atoms with E-state index in [4.69, 9.17) is 10.5 Å². The first-order valence-corrected chi connectivity index (χ1v) is 9.90. The third-order valence-electron chi connectivity index (χ3n) is 4.64. The molecule has 154 valence electrons. The van der Waals surface area contributed by atoms with Gasteiger partial charge < -0.3 is 10.5 Å². The highest BCUT2D eigenvalue weighted by molar-refractivity contribution is 5.81. The number of ketones is 2. The van der Waals surface area contributed by atoms with Gasteiger partial charge in [0.2, 0.25) is 0 Å². The van der Waals surface area contributed by atoms with Crippen molar-refractivity contribution in [3.8, 4) is 0 Å². The van der Waals surface area contributed by atoms with Crippen LogP contribution in [0, 0.1) is 18.8 Å². The lowest BCUT2D eigenvalue weighted by molar-refractivity contribution is -0.121. The Balaban J connectivity index is 0. The molecule has 1 rings (SSSR count). The lowest BCUT2D eigenvalue weighted by atomic mass is 9.94. The molecule has 0 amide bonds. The molecule has 0 heterocycles. The first kappa shape index (κ1) is 27.3. The predicted molar refractivity (Wildman–Crippen MR) is 115 cm³/mol. The summed E-state index contributed by atoms with van der Waals surface area (Å²) in [4.78, 5) is 30.4. The minimum atomic E-state index is 0.0468. The van der Waals surface area contributed by atoms with E-state index in [9.17, 15) is 9.59 Å². The zero-order chi connectivity index (χ0) is 21.4. The van der Waals surface area contributed by atoms with Crippen molar-refractivity contribution in [1.29, 1.82) is 0 Å². The second-order valence-electron chi connectivity index (χ2n) is 7.04. The predicted octanol–water partition coefficient (Wildman–Crippen LogP) is 5.34. The van der Waals surface area contributed by atoms with Gasteiger partial charge in [0, 0.05) is 24.4 Å². The van der Waals surface area contributed by atoms with Gasteiger partial charge in [-0.1, -0.05) is 46.2 Å². The van der Waals surface area contributed by atoms with Gasteiger partial charge in [-0.25, -0.2) is 0 Å². The van der Waals surface area contributed by atoms with E-state index < -0.39 is 0 Å². The average Bonchev–Trinajstić information content (AvgIpc) is 2.63. The van der Waals surface area contributed by atoms with Crippen LogP contribution in [0.15, 0.2) is 18.2 Å². The molecule has 4 nitrogen and oxygen atoms in total. The number of anilines is 1. The SMILES string of the molecule is CC=O.CCC(=O)CCC(C)C(C)=O.CCC(C)Cc1c(C)cccc1N. The Morgan fingerprint density at radius 2 is 1.74 bits per heavy atom. The maximum Gasteiger partial charge on any atom is 0.132 e. The van der Waals surface area contributed by atoms with Gasteiger partial charge in [-0.3, -0.25) is 9.59 Å². The van der Waals surface area contributed by atoms with Gasteiger partial charge in [-0.2, -0.15) is 0 Å². The summed E-state index contributed by atoms with van der Waals surface area (Å²) in [6.07, 6.45) is 4.92. The summed E-state index contributed by atoms with van der Waals surface area (Å²) in [5, 5.41) is 0. The van der Waals surface area contributed by atoms with Gasteiger partial charge in [0.25, 0.3) is 0 Å². The van der Waals surface area contributed by atoms with Crippen molar-refractivity contribution in [3.63, 3.8) is 0 Å². The van der Waals surface area contributed by atoms with Crippen molar-refractivity contribution in [2.75, 3.05) is 5.73 Å². The Kier molecular flexibility index (Phi) is 16.4. The second kappa shape index (κ2) is 16.2. The molecule has 2 unspecified atom stereocenters. The van der Waals surface area contributed by atoms with Crippen LogP contribution in [0.1, 0.15) is 78.4 Å². The topological polar surface area (TPSA) is 77.2 Å². The highest BCUT2D eigenvalue weighted by atomic mass is 16.1. The maximum atomic E-state index is 10.8. The van der Waals surface area contributed by atoms with Crippen LogP contribution in [0.5, 0.6) is 0 Å². The number of nitrogens with two attached hydrogens (primary N) is 1. The van der Waals surface area contributed by atoms with Crippen LogP contribution in [0.3, 0.4) is 0 Å². The lowest BCUT2D eigenvalue weighted by Crippen LogP contribution is -2.08. The number of hydrogen-bond donors (Lipinski definition) is 1. The number of benzene rings is 1. The molecule has 1 aromatic rings. The molecule has 0 bridgehead atoms. The molecule has 27 heavy (non-hydrogen) atoms. The van der Waals surface area contributed by atoms with Crippen molar-refractivity contribution in [1.82, 2.24) is 0 Å². The monoisotopic (exact) mass is 377 g/mol. The molecule has 0 aliphatic heterocycles. The Bertz CT molecular complexity index is 546. The molecule has 0 spiro atoms. The Hall–Kier alpha value is -1.97. The van der Waals surface area contributed by atoms with Crippen molar-refractivity contribution in [2.45, 2.75) is 80.6 Å². The molecule has 1 aromatic carbocycles. The van der Waals surface area contributed by atoms with Gasteiger partial charge in [0.1, 0.15) is 17.9 Å². The fraction of sp³-hybridized carbons (Fsp3) is 0.609. The third kappa shape index (κ3) is 13.8. The van der Waals surface area contributed by atoms with E-state index >= 15 is 0 Å². The average molecular weight is 378 g/mol. The highest BCUT2D eigenvalue weighted by Gasteiger charge is 2.09. The Morgan fingerprint density at radius 1 is 1.19 bits per heavy atom. The number of rotatable bonds is 8. The number of nitrogen functional groups attached to an aromatic ring is 1. The first-order valence-electron chi connectivity index (χ1n) is 9.90. The zero-order valence-corrected chi connectivity index (χ0v) is 18.3. The van der Waals surface area contributed by atoms with Crippen molar-refractivity contribution >= 4 is 23.5 Å². The van der Waals surface area contributed by atoms with Gasteiger partial charge in [0.05, 0.1) is 0 Å². The van der Waals surface area contributed by atoms with Crippen LogP contribution in [0.2, 0.25) is 0 Å². The van der Waals surface area contributed by atoms with Gasteiger partial charge in [0.15, 0.2) is 0 Å². The molecular weight excluding hydrogens is 338 g/mol. The molecule has 0 radical (unpaired) electrons. The molecule has 0 aliphatic rings. The highest BCUT2D eigenvalue weighted by Crippen LogP contribution is 2.21. The van der Waals surface area contributed by atoms with Gasteiger partial charge in [-0.05, 0) is 56.7 Å². The quantitative estimate of drug-likeness (QED) is 0.490. The van der Waals surface area contributed by atoms with Crippen LogP contribution in [0.4, 0.5) is 5.69 Å². The normalized spacial score (nSPS) is 11.8. The number of hydrogen-bond acceptors (Lipinski definition) is 4. The van der Waals surface area contributed by atoms with E-state index in [2.05, 4.69) is 26.8 Å². The minimum absolute atomic E-state index is 0.0468. The van der Waals surface area contributed by atoms with Crippen LogP contribution < -0.4 is 5.73 Å². The van der Waals surface area contributed by atoms with E-state index in [0.717, 1.165) is 24.3 Å². The van der Waals surface area contributed by atoms with Crippen LogP contribution >= 0.6 is 0 Å². The third-order valence-corrected chi connectivity index (χ3v) is 4.64. The number of carbonyl (C=O) groups excluding carboxylic acids is 3. The van der Waals surface area contributed by atoms with Gasteiger partial charge in [-0.15, -0.1) is 0 Å². The van der Waals surface area contributed by atoms with E-state index in [1.165, 1.54) is 24.5 Å². The van der Waals surface area contributed by atoms with Crippen molar-refractivity contribution in [2.24, 2.45) is 11.8 Å². The minimum Gasteiger partial charge on any atom is -0.398 e. The van der Waals surface area contributed by atoms with E-state index in [1.54, 1.807) is 6.92 Å². The fourth-order valence-corrected chi connectivity index (χ4v) is 2.25. The summed E-state index contributed by atoms with van der Waals surface area (Å²) in [6, 6.07) is 6.14. The fourth-order valence-electron chi connectivity index (χ4n) is 2.25. The van der Waals surface area contributed by atoms with E-state index in [-0.39, 0.29) is 17.5 Å². The van der Waals surface area contributed by atoms with Crippen LogP contribution in [-0.2, 0) is 20.8 Å². The number of carbonyl (C=O) groups is 3. The number of aldehydes is 1. The molecule has 2 N–H and O–H groups in total. The molecule has 4 heteroatoms. The van der Waals surface area contributed by atoms with Crippen LogP contribution in [0.25, 0.3) is 0 Å². The number of aryl methyl sites for hydroxylation is 1. The summed E-state index contributed by atoms with van der Waals surface area (Å²) in [7, 11) is 0. The zero-order valence-electron chi connectivity index (χ0n) is 18.3. The summed E-state index contributed by atoms with van der Waals surface area (Å²) < 4.78 is 0. The van der Waals surface area contributed by atoms with Gasteiger partial charge >= 0.3 is 0 Å². The van der Waals surface area contributed by atoms with E-state index in [0.29, 0.717) is 19.3 Å². The first-order chi connectivity index (χ1) is 12.6. The molecule has 0 aliphatic carbocycles. The molecule has 0 aromatic heterocycles.